The molecule has 4 amide bonds. The molecule has 0 radical (unpaired) electrons. The Balaban J connectivity index is 1.83. The summed E-state index contributed by atoms with van der Waals surface area (Å²) in [6.07, 6.45) is 0. The van der Waals surface area contributed by atoms with Gasteiger partial charge in [0.1, 0.15) is 22.0 Å². The van der Waals surface area contributed by atoms with E-state index in [0.717, 1.165) is 23.3 Å². The number of nitrogens with one attached hydrogen (secondary N) is 2. The summed E-state index contributed by atoms with van der Waals surface area (Å²) in [5.74, 6) is -2.83. The van der Waals surface area contributed by atoms with Gasteiger partial charge in [0, 0.05) is 5.02 Å². The van der Waals surface area contributed by atoms with Gasteiger partial charge in [-0.05, 0) is 37.1 Å². The number of rotatable bonds is 6. The number of urea groups is 1. The van der Waals surface area contributed by atoms with Gasteiger partial charge >= 0.3 is 18.0 Å². The number of halogens is 1. The van der Waals surface area contributed by atoms with Crippen LogP contribution in [0.25, 0.3) is 0 Å². The zero-order valence-electron chi connectivity index (χ0n) is 18.1. The molecular weight excluding hydrogens is 474 g/mol. The molecule has 2 N–H and O–H groups in total. The van der Waals surface area contributed by atoms with E-state index >= 15 is 0 Å². The molecule has 3 rings (SSSR count). The second kappa shape index (κ2) is 9.20. The van der Waals surface area contributed by atoms with E-state index in [0.29, 0.717) is 10.6 Å². The van der Waals surface area contributed by atoms with Gasteiger partial charge in [0.15, 0.2) is 0 Å². The number of amides is 4. The van der Waals surface area contributed by atoms with E-state index in [1.165, 1.54) is 21.0 Å². The molecule has 1 aromatic heterocycles. The Labute approximate surface area is 197 Å². The van der Waals surface area contributed by atoms with Crippen LogP contribution >= 0.6 is 22.9 Å². The van der Waals surface area contributed by atoms with E-state index in [4.69, 9.17) is 21.1 Å². The van der Waals surface area contributed by atoms with Crippen LogP contribution in [-0.2, 0) is 24.6 Å². The van der Waals surface area contributed by atoms with Crippen molar-refractivity contribution in [1.82, 2.24) is 10.2 Å². The third-order valence-electron chi connectivity index (χ3n) is 5.16. The topological polar surface area (TPSA) is 131 Å². The zero-order valence-corrected chi connectivity index (χ0v) is 19.7. The van der Waals surface area contributed by atoms with Gasteiger partial charge in [0.25, 0.3) is 5.91 Å². The quantitative estimate of drug-likeness (QED) is 0.467. The Morgan fingerprint density at radius 2 is 1.73 bits per heavy atom. The van der Waals surface area contributed by atoms with Gasteiger partial charge in [-0.15, -0.1) is 11.3 Å². The number of hydrogen-bond acceptors (Lipinski definition) is 8. The molecule has 1 saturated heterocycles. The molecule has 1 unspecified atom stereocenters. The van der Waals surface area contributed by atoms with E-state index in [2.05, 4.69) is 10.6 Å². The predicted octanol–water partition coefficient (Wildman–Crippen LogP) is 2.69. The average Bonchev–Trinajstić information content (AvgIpc) is 3.21. The molecule has 33 heavy (non-hydrogen) atoms. The van der Waals surface area contributed by atoms with Crippen LogP contribution in [-0.4, -0.2) is 55.4 Å². The molecule has 2 aromatic rings. The summed E-state index contributed by atoms with van der Waals surface area (Å²) >= 11 is 6.72. The third-order valence-corrected chi connectivity index (χ3v) is 6.60. The van der Waals surface area contributed by atoms with Crippen molar-refractivity contribution in [3.05, 3.63) is 50.9 Å². The molecule has 0 aliphatic carbocycles. The normalized spacial score (nSPS) is 17.5. The minimum absolute atomic E-state index is 0.0144. The molecule has 174 valence electrons. The van der Waals surface area contributed by atoms with E-state index in [1.807, 2.05) is 0 Å². The predicted molar refractivity (Wildman–Crippen MR) is 119 cm³/mol. The number of thiophene rings is 1. The smallest absolute Gasteiger partial charge is 0.348 e. The molecule has 0 bridgehead atoms. The Hall–Kier alpha value is -3.44. The number of carbonyl (C=O) groups is 5. The number of benzene rings is 1. The molecule has 12 heteroatoms. The van der Waals surface area contributed by atoms with Crippen LogP contribution in [0.3, 0.4) is 0 Å². The first kappa shape index (κ1) is 24.2. The summed E-state index contributed by atoms with van der Waals surface area (Å²) in [4.78, 5) is 63.3. The monoisotopic (exact) mass is 493 g/mol. The van der Waals surface area contributed by atoms with Crippen molar-refractivity contribution in [2.24, 2.45) is 0 Å². The van der Waals surface area contributed by atoms with E-state index in [-0.39, 0.29) is 21.0 Å². The first-order valence-electron chi connectivity index (χ1n) is 9.53. The van der Waals surface area contributed by atoms with Crippen LogP contribution in [0.2, 0.25) is 5.02 Å². The number of ether oxygens (including phenoxy) is 2. The van der Waals surface area contributed by atoms with Crippen molar-refractivity contribution in [2.75, 3.05) is 26.1 Å². The summed E-state index contributed by atoms with van der Waals surface area (Å²) in [5.41, 5.74) is -0.618. The minimum Gasteiger partial charge on any atom is -0.465 e. The first-order chi connectivity index (χ1) is 15.5. The van der Waals surface area contributed by atoms with E-state index < -0.39 is 41.9 Å². The summed E-state index contributed by atoms with van der Waals surface area (Å²) < 4.78 is 9.45. The molecule has 0 spiro atoms. The zero-order chi connectivity index (χ0) is 24.5. The van der Waals surface area contributed by atoms with Crippen molar-refractivity contribution in [3.8, 4) is 0 Å². The lowest BCUT2D eigenvalue weighted by atomic mass is 9.92. The number of imide groups is 1. The van der Waals surface area contributed by atoms with Gasteiger partial charge < -0.3 is 20.1 Å². The van der Waals surface area contributed by atoms with Crippen molar-refractivity contribution < 1.29 is 33.4 Å². The lowest BCUT2D eigenvalue weighted by molar-refractivity contribution is -0.133. The van der Waals surface area contributed by atoms with E-state index in [1.54, 1.807) is 24.3 Å². The molecule has 1 fully saturated rings. The summed E-state index contributed by atoms with van der Waals surface area (Å²) in [6.45, 7) is 2.42. The standard InChI is InChI=1S/C21H20ClN3O7S/c1-10-14(17(27)31-3)16(33-15(10)18(28)32-4)23-13(26)9-25-19(29)21(2,24-20(25)30)11-5-7-12(22)8-6-11/h5-8H,9H2,1-4H3,(H,23,26)(H,24,30). The highest BCUT2D eigenvalue weighted by atomic mass is 35.5. The lowest BCUT2D eigenvalue weighted by Crippen LogP contribution is -2.42. The molecular formula is C21H20ClN3O7S. The Morgan fingerprint density at radius 1 is 1.12 bits per heavy atom. The van der Waals surface area contributed by atoms with Crippen molar-refractivity contribution in [1.29, 1.82) is 0 Å². The number of hydrogen-bond donors (Lipinski definition) is 2. The molecule has 1 aliphatic heterocycles. The average molecular weight is 494 g/mol. The van der Waals surface area contributed by atoms with Crippen molar-refractivity contribution in [2.45, 2.75) is 19.4 Å². The SMILES string of the molecule is COC(=O)c1sc(NC(=O)CN2C(=O)NC(C)(c3ccc(Cl)cc3)C2=O)c(C(=O)OC)c1C. The maximum Gasteiger partial charge on any atom is 0.348 e. The number of anilines is 1. The number of carbonyl (C=O) groups excluding carboxylic acids is 5. The minimum atomic E-state index is -1.38. The molecule has 10 nitrogen and oxygen atoms in total. The van der Waals surface area contributed by atoms with Gasteiger partial charge in [0.05, 0.1) is 19.8 Å². The molecule has 1 atom stereocenters. The van der Waals surface area contributed by atoms with Gasteiger partial charge in [-0.2, -0.15) is 0 Å². The lowest BCUT2D eigenvalue weighted by Gasteiger charge is -2.22. The van der Waals surface area contributed by atoms with Crippen LogP contribution in [0.5, 0.6) is 0 Å². The van der Waals surface area contributed by atoms with Crippen LogP contribution in [0.15, 0.2) is 24.3 Å². The maximum atomic E-state index is 13.0. The fraction of sp³-hybridized carbons (Fsp3) is 0.286. The van der Waals surface area contributed by atoms with Crippen LogP contribution in [0, 0.1) is 6.92 Å². The van der Waals surface area contributed by atoms with Gasteiger partial charge in [0.2, 0.25) is 5.91 Å². The summed E-state index contributed by atoms with van der Waals surface area (Å²) in [6, 6.07) is 5.64. The Kier molecular flexibility index (Phi) is 6.75. The van der Waals surface area contributed by atoms with Crippen molar-refractivity contribution >= 4 is 57.7 Å². The summed E-state index contributed by atoms with van der Waals surface area (Å²) in [5, 5.41) is 5.59. The van der Waals surface area contributed by atoms with Gasteiger partial charge in [-0.3, -0.25) is 14.5 Å². The summed E-state index contributed by atoms with van der Waals surface area (Å²) in [7, 11) is 2.35. The molecule has 0 saturated carbocycles. The largest absolute Gasteiger partial charge is 0.465 e. The third kappa shape index (κ3) is 4.41. The van der Waals surface area contributed by atoms with Gasteiger partial charge in [-0.1, -0.05) is 23.7 Å². The fourth-order valence-corrected chi connectivity index (χ4v) is 4.62. The fourth-order valence-electron chi connectivity index (χ4n) is 3.37. The second-order valence-electron chi connectivity index (χ2n) is 7.24. The highest BCUT2D eigenvalue weighted by Crippen LogP contribution is 2.34. The Morgan fingerprint density at radius 3 is 2.30 bits per heavy atom. The van der Waals surface area contributed by atoms with Crippen LogP contribution in [0.1, 0.15) is 38.1 Å². The first-order valence-corrected chi connectivity index (χ1v) is 10.7. The maximum absolute atomic E-state index is 13.0. The highest BCUT2D eigenvalue weighted by molar-refractivity contribution is 7.18. The van der Waals surface area contributed by atoms with Gasteiger partial charge in [-0.25, -0.2) is 14.4 Å². The number of methoxy groups -OCH3 is 2. The highest BCUT2D eigenvalue weighted by Gasteiger charge is 2.49. The molecule has 1 aromatic carbocycles. The Bertz CT molecular complexity index is 1160. The van der Waals surface area contributed by atoms with Crippen LogP contribution in [0.4, 0.5) is 9.80 Å². The molecule has 1 aliphatic rings. The second-order valence-corrected chi connectivity index (χ2v) is 8.70. The van der Waals surface area contributed by atoms with E-state index in [9.17, 15) is 24.0 Å². The van der Waals surface area contributed by atoms with Crippen LogP contribution < -0.4 is 10.6 Å². The number of nitrogens with zero attached hydrogens (tertiary/aromatic N) is 1. The van der Waals surface area contributed by atoms with Crippen molar-refractivity contribution in [3.63, 3.8) is 0 Å². The molecule has 2 heterocycles. The number of esters is 2.